The molecule has 0 saturated heterocycles. The second kappa shape index (κ2) is 8.91. The highest BCUT2D eigenvalue weighted by atomic mass is 32.2. The minimum atomic E-state index is -2.89. The van der Waals surface area contributed by atoms with Crippen molar-refractivity contribution in [3.63, 3.8) is 0 Å². The third-order valence-electron chi connectivity index (χ3n) is 4.08. The Kier molecular flexibility index (Phi) is 6.32. The summed E-state index contributed by atoms with van der Waals surface area (Å²) in [6.07, 6.45) is 0. The van der Waals surface area contributed by atoms with Gasteiger partial charge >= 0.3 is 6.61 Å². The minimum absolute atomic E-state index is 0.0320. The number of ether oxygens (including phenoxy) is 1. The van der Waals surface area contributed by atoms with Crippen molar-refractivity contribution in [2.45, 2.75) is 25.6 Å². The molecule has 3 rings (SSSR count). The van der Waals surface area contributed by atoms with E-state index >= 15 is 0 Å². The van der Waals surface area contributed by atoms with Gasteiger partial charge in [-0.1, -0.05) is 30.0 Å². The van der Waals surface area contributed by atoms with Gasteiger partial charge in [0, 0.05) is 11.3 Å². The molecule has 0 bridgehead atoms. The van der Waals surface area contributed by atoms with Gasteiger partial charge in [0.2, 0.25) is 11.1 Å². The summed E-state index contributed by atoms with van der Waals surface area (Å²) in [5.74, 6) is 6.31. The van der Waals surface area contributed by atoms with Crippen LogP contribution in [0.4, 0.5) is 14.5 Å². The molecule has 3 N–H and O–H groups in total. The van der Waals surface area contributed by atoms with Gasteiger partial charge in [-0.05, 0) is 49.2 Å². The van der Waals surface area contributed by atoms with Crippen molar-refractivity contribution >= 4 is 23.4 Å². The molecule has 2 aromatic carbocycles. The van der Waals surface area contributed by atoms with Gasteiger partial charge in [-0.15, -0.1) is 10.2 Å². The van der Waals surface area contributed by atoms with Gasteiger partial charge < -0.3 is 15.9 Å². The Morgan fingerprint density at radius 3 is 2.45 bits per heavy atom. The largest absolute Gasteiger partial charge is 0.435 e. The van der Waals surface area contributed by atoms with Crippen LogP contribution in [0, 0.1) is 13.8 Å². The van der Waals surface area contributed by atoms with Crippen molar-refractivity contribution in [3.05, 3.63) is 53.6 Å². The molecule has 0 aliphatic rings. The molecule has 152 valence electrons. The van der Waals surface area contributed by atoms with Crippen LogP contribution in [0.3, 0.4) is 0 Å². The van der Waals surface area contributed by atoms with E-state index in [1.54, 1.807) is 12.1 Å². The highest BCUT2D eigenvalue weighted by Gasteiger charge is 2.15. The molecule has 1 aromatic heterocycles. The fraction of sp³-hybridized carbons (Fsp3) is 0.211. The second-order valence-electron chi connectivity index (χ2n) is 6.18. The van der Waals surface area contributed by atoms with Crippen molar-refractivity contribution in [1.29, 1.82) is 0 Å². The predicted molar refractivity (Wildman–Crippen MR) is 108 cm³/mol. The smallest absolute Gasteiger partial charge is 0.387 e. The van der Waals surface area contributed by atoms with Crippen LogP contribution in [-0.4, -0.2) is 33.1 Å². The molecular weight excluding hydrogens is 400 g/mol. The van der Waals surface area contributed by atoms with Crippen molar-refractivity contribution in [3.8, 4) is 17.1 Å². The van der Waals surface area contributed by atoms with Crippen molar-refractivity contribution in [2.24, 2.45) is 0 Å². The Hall–Kier alpha value is -3.14. The van der Waals surface area contributed by atoms with Crippen molar-refractivity contribution < 1.29 is 18.3 Å². The van der Waals surface area contributed by atoms with Gasteiger partial charge in [-0.25, -0.2) is 4.68 Å². The molecule has 0 radical (unpaired) electrons. The summed E-state index contributed by atoms with van der Waals surface area (Å²) < 4.78 is 30.0. The van der Waals surface area contributed by atoms with Crippen LogP contribution in [0.25, 0.3) is 11.4 Å². The van der Waals surface area contributed by atoms with E-state index in [9.17, 15) is 13.6 Å². The highest BCUT2D eigenvalue weighted by molar-refractivity contribution is 7.99. The van der Waals surface area contributed by atoms with E-state index in [-0.39, 0.29) is 17.4 Å². The average molecular weight is 419 g/mol. The van der Waals surface area contributed by atoms with Gasteiger partial charge in [0.05, 0.1) is 5.75 Å². The number of nitrogen functional groups attached to an aromatic ring is 1. The number of thioether (sulfide) groups is 1. The lowest BCUT2D eigenvalue weighted by atomic mass is 10.1. The summed E-state index contributed by atoms with van der Waals surface area (Å²) in [6.45, 7) is 0.961. The molecule has 3 aromatic rings. The molecule has 0 spiro atoms. The molecule has 1 heterocycles. The highest BCUT2D eigenvalue weighted by Crippen LogP contribution is 2.25. The number of para-hydroxylation sites is 1. The number of aryl methyl sites for hydroxylation is 2. The number of alkyl halides is 2. The fourth-order valence-corrected chi connectivity index (χ4v) is 3.33. The second-order valence-corrected chi connectivity index (χ2v) is 7.13. The number of amides is 1. The molecule has 0 unspecified atom stereocenters. The van der Waals surface area contributed by atoms with E-state index in [0.29, 0.717) is 16.5 Å². The molecular formula is C19H19F2N5O2S. The number of carbonyl (C=O) groups is 1. The van der Waals surface area contributed by atoms with E-state index in [2.05, 4.69) is 20.3 Å². The third kappa shape index (κ3) is 5.02. The number of nitrogens with one attached hydrogen (secondary N) is 1. The lowest BCUT2D eigenvalue weighted by molar-refractivity contribution is -0.113. The molecule has 29 heavy (non-hydrogen) atoms. The molecule has 10 heteroatoms. The summed E-state index contributed by atoms with van der Waals surface area (Å²) in [6, 6.07) is 11.7. The summed E-state index contributed by atoms with van der Waals surface area (Å²) in [5, 5.41) is 11.3. The van der Waals surface area contributed by atoms with E-state index < -0.39 is 6.61 Å². The van der Waals surface area contributed by atoms with Crippen LogP contribution >= 0.6 is 11.8 Å². The number of anilines is 1. The minimum Gasteiger partial charge on any atom is -0.435 e. The maximum Gasteiger partial charge on any atom is 0.387 e. The van der Waals surface area contributed by atoms with Crippen LogP contribution in [0.1, 0.15) is 11.1 Å². The fourth-order valence-electron chi connectivity index (χ4n) is 2.67. The van der Waals surface area contributed by atoms with Gasteiger partial charge in [-0.3, -0.25) is 4.79 Å². The number of hydrogen-bond acceptors (Lipinski definition) is 6. The van der Waals surface area contributed by atoms with Crippen molar-refractivity contribution in [2.75, 3.05) is 16.9 Å². The van der Waals surface area contributed by atoms with Crippen LogP contribution in [0.2, 0.25) is 0 Å². The monoisotopic (exact) mass is 419 g/mol. The Morgan fingerprint density at radius 1 is 1.17 bits per heavy atom. The lowest BCUT2D eigenvalue weighted by Gasteiger charge is -2.11. The molecule has 0 aliphatic heterocycles. The number of hydrogen-bond donors (Lipinski definition) is 2. The maximum absolute atomic E-state index is 12.3. The number of rotatable bonds is 7. The Balaban J connectivity index is 1.64. The number of carbonyl (C=O) groups excluding carboxylic acids is 1. The van der Waals surface area contributed by atoms with Crippen LogP contribution in [0.5, 0.6) is 5.75 Å². The zero-order chi connectivity index (χ0) is 21.0. The molecule has 0 saturated carbocycles. The quantitative estimate of drug-likeness (QED) is 0.449. The first-order valence-electron chi connectivity index (χ1n) is 8.59. The first-order chi connectivity index (χ1) is 13.8. The number of nitrogens with zero attached hydrogens (tertiary/aromatic N) is 3. The van der Waals surface area contributed by atoms with E-state index in [4.69, 9.17) is 5.84 Å². The molecule has 7 nitrogen and oxygen atoms in total. The molecule has 0 fully saturated rings. The number of aromatic nitrogens is 3. The normalized spacial score (nSPS) is 10.9. The standard InChI is InChI=1S/C19H19F2N5O2S/c1-11-4-3-5-12(2)16(11)23-15(27)10-29-19-25-24-17(26(19)22)13-6-8-14(9-7-13)28-18(20)21/h3-9,18H,10,22H2,1-2H3,(H,23,27). The van der Waals surface area contributed by atoms with Gasteiger partial charge in [0.1, 0.15) is 5.75 Å². The summed E-state index contributed by atoms with van der Waals surface area (Å²) in [4.78, 5) is 12.3. The van der Waals surface area contributed by atoms with Crippen LogP contribution in [0.15, 0.2) is 47.6 Å². The molecule has 0 aliphatic carbocycles. The van der Waals surface area contributed by atoms with Crippen LogP contribution < -0.4 is 15.9 Å². The Morgan fingerprint density at radius 2 is 1.83 bits per heavy atom. The van der Waals surface area contributed by atoms with E-state index in [1.807, 2.05) is 32.0 Å². The van der Waals surface area contributed by atoms with Gasteiger partial charge in [0.15, 0.2) is 5.82 Å². The average Bonchev–Trinajstić information content (AvgIpc) is 3.04. The number of benzene rings is 2. The zero-order valence-electron chi connectivity index (χ0n) is 15.7. The first-order valence-corrected chi connectivity index (χ1v) is 9.58. The van der Waals surface area contributed by atoms with E-state index in [0.717, 1.165) is 28.6 Å². The Bertz CT molecular complexity index is 988. The summed E-state index contributed by atoms with van der Waals surface area (Å²) in [5.41, 5.74) is 3.33. The predicted octanol–water partition coefficient (Wildman–Crippen LogP) is 3.61. The SMILES string of the molecule is Cc1cccc(C)c1NC(=O)CSc1nnc(-c2ccc(OC(F)F)cc2)n1N. The zero-order valence-corrected chi connectivity index (χ0v) is 16.5. The first kappa shape index (κ1) is 20.6. The maximum atomic E-state index is 12.3. The Labute approximate surface area is 170 Å². The molecule has 1 amide bonds. The topological polar surface area (TPSA) is 95.1 Å². The molecule has 0 atom stereocenters. The summed E-state index contributed by atoms with van der Waals surface area (Å²) >= 11 is 1.14. The van der Waals surface area contributed by atoms with Crippen LogP contribution in [-0.2, 0) is 4.79 Å². The third-order valence-corrected chi connectivity index (χ3v) is 5.02. The van der Waals surface area contributed by atoms with Crippen molar-refractivity contribution in [1.82, 2.24) is 14.9 Å². The number of halogens is 2. The van der Waals surface area contributed by atoms with Gasteiger partial charge in [0.25, 0.3) is 0 Å². The van der Waals surface area contributed by atoms with Gasteiger partial charge in [-0.2, -0.15) is 8.78 Å². The lowest BCUT2D eigenvalue weighted by Crippen LogP contribution is -2.17. The number of nitrogens with two attached hydrogens (primary N) is 1. The van der Waals surface area contributed by atoms with E-state index in [1.165, 1.54) is 16.8 Å². The summed E-state index contributed by atoms with van der Waals surface area (Å²) in [7, 11) is 0.